The lowest BCUT2D eigenvalue weighted by atomic mass is 9.86. The molecular formula is C24H15F2N3O3. The molecule has 1 aromatic heterocycles. The molecule has 1 saturated heterocycles. The lowest BCUT2D eigenvalue weighted by Crippen LogP contribution is -2.31. The number of aromatic nitrogens is 2. The molecular weight excluding hydrogens is 416 g/mol. The summed E-state index contributed by atoms with van der Waals surface area (Å²) >= 11 is 0. The third kappa shape index (κ3) is 2.99. The van der Waals surface area contributed by atoms with Crippen LogP contribution in [0, 0.1) is 17.6 Å². The van der Waals surface area contributed by atoms with Crippen molar-refractivity contribution in [1.29, 1.82) is 0 Å². The fourth-order valence-corrected chi connectivity index (χ4v) is 4.13. The van der Waals surface area contributed by atoms with E-state index in [4.69, 9.17) is 0 Å². The number of anilines is 1. The molecule has 158 valence electrons. The van der Waals surface area contributed by atoms with Gasteiger partial charge in [-0.1, -0.05) is 42.5 Å². The predicted octanol–water partition coefficient (Wildman–Crippen LogP) is 4.00. The Morgan fingerprint density at radius 2 is 1.75 bits per heavy atom. The van der Waals surface area contributed by atoms with Gasteiger partial charge in [0.05, 0.1) is 23.4 Å². The van der Waals surface area contributed by atoms with Crippen LogP contribution in [0.2, 0.25) is 0 Å². The van der Waals surface area contributed by atoms with E-state index in [1.54, 1.807) is 36.4 Å². The maximum Gasteiger partial charge on any atom is 0.295 e. The zero-order valence-corrected chi connectivity index (χ0v) is 16.5. The lowest BCUT2D eigenvalue weighted by Gasteiger charge is -2.27. The topological polar surface area (TPSA) is 83.1 Å². The van der Waals surface area contributed by atoms with Gasteiger partial charge in [-0.3, -0.25) is 19.3 Å². The molecule has 2 atom stereocenters. The molecule has 0 saturated carbocycles. The number of benzene rings is 3. The van der Waals surface area contributed by atoms with E-state index < -0.39 is 41.1 Å². The number of halogens is 2. The molecule has 3 aromatic carbocycles. The molecule has 2 unspecified atom stereocenters. The highest BCUT2D eigenvalue weighted by Gasteiger charge is 2.53. The van der Waals surface area contributed by atoms with Crippen LogP contribution in [0.25, 0.3) is 11.0 Å². The predicted molar refractivity (Wildman–Crippen MR) is 112 cm³/mol. The van der Waals surface area contributed by atoms with E-state index in [9.17, 15) is 23.2 Å². The average Bonchev–Trinajstić information content (AvgIpc) is 3.38. The zero-order valence-electron chi connectivity index (χ0n) is 16.5. The van der Waals surface area contributed by atoms with Crippen LogP contribution < -0.4 is 4.90 Å². The number of aromatic amines is 1. The highest BCUT2D eigenvalue weighted by molar-refractivity contribution is 6.49. The number of imidazole rings is 1. The van der Waals surface area contributed by atoms with Gasteiger partial charge < -0.3 is 4.98 Å². The molecule has 0 aliphatic carbocycles. The number of hydrogen-bond donors (Lipinski definition) is 1. The Morgan fingerprint density at radius 3 is 2.53 bits per heavy atom. The van der Waals surface area contributed by atoms with Crippen molar-refractivity contribution in [2.45, 2.75) is 6.04 Å². The number of H-pyrrole nitrogens is 1. The molecule has 1 aliphatic heterocycles. The average molecular weight is 431 g/mol. The fourth-order valence-electron chi connectivity index (χ4n) is 4.13. The Bertz CT molecular complexity index is 1380. The van der Waals surface area contributed by atoms with E-state index in [1.165, 1.54) is 30.6 Å². The first-order valence-electron chi connectivity index (χ1n) is 9.81. The summed E-state index contributed by atoms with van der Waals surface area (Å²) in [5.74, 6) is -6.45. The Kier molecular flexibility index (Phi) is 4.62. The van der Waals surface area contributed by atoms with Crippen molar-refractivity contribution in [3.63, 3.8) is 0 Å². The molecule has 5 rings (SSSR count). The van der Waals surface area contributed by atoms with Gasteiger partial charge in [-0.25, -0.2) is 13.8 Å². The lowest BCUT2D eigenvalue weighted by molar-refractivity contribution is -0.135. The number of carbonyl (C=O) groups is 3. The molecule has 2 heterocycles. The van der Waals surface area contributed by atoms with Crippen molar-refractivity contribution in [2.75, 3.05) is 4.90 Å². The minimum absolute atomic E-state index is 0.200. The van der Waals surface area contributed by atoms with Gasteiger partial charge in [0.1, 0.15) is 5.92 Å². The fraction of sp³-hybridized carbons (Fsp3) is 0.0833. The Morgan fingerprint density at radius 1 is 0.969 bits per heavy atom. The molecule has 6 nitrogen and oxygen atoms in total. The number of nitrogens with zero attached hydrogens (tertiary/aromatic N) is 2. The molecule has 1 aliphatic rings. The van der Waals surface area contributed by atoms with Crippen LogP contribution in [-0.4, -0.2) is 27.4 Å². The van der Waals surface area contributed by atoms with Gasteiger partial charge in [0.25, 0.3) is 5.91 Å². The van der Waals surface area contributed by atoms with Gasteiger partial charge in [-0.2, -0.15) is 0 Å². The van der Waals surface area contributed by atoms with Gasteiger partial charge in [0.15, 0.2) is 17.4 Å². The van der Waals surface area contributed by atoms with Crippen molar-refractivity contribution >= 4 is 34.2 Å². The summed E-state index contributed by atoms with van der Waals surface area (Å²) in [7, 11) is 0. The monoisotopic (exact) mass is 431 g/mol. The first-order chi connectivity index (χ1) is 15.5. The van der Waals surface area contributed by atoms with Gasteiger partial charge in [-0.05, 0) is 24.3 Å². The molecule has 32 heavy (non-hydrogen) atoms. The van der Waals surface area contributed by atoms with E-state index in [-0.39, 0.29) is 16.8 Å². The zero-order chi connectivity index (χ0) is 22.4. The minimum atomic E-state index is -1.53. The second-order valence-electron chi connectivity index (χ2n) is 7.44. The van der Waals surface area contributed by atoms with Crippen molar-refractivity contribution in [2.24, 2.45) is 5.92 Å². The first kappa shape index (κ1) is 19.7. The van der Waals surface area contributed by atoms with Gasteiger partial charge >= 0.3 is 0 Å². The highest BCUT2D eigenvalue weighted by atomic mass is 19.2. The Labute approximate surface area is 180 Å². The summed E-state index contributed by atoms with van der Waals surface area (Å²) in [5, 5.41) is 0. The highest BCUT2D eigenvalue weighted by Crippen LogP contribution is 2.42. The molecule has 0 bridgehead atoms. The largest absolute Gasteiger partial charge is 0.345 e. The van der Waals surface area contributed by atoms with E-state index >= 15 is 0 Å². The van der Waals surface area contributed by atoms with E-state index in [0.717, 1.165) is 11.0 Å². The number of Topliss-reactive ketones (excluding diaryl/α,β-unsaturated/α-hetero) is 2. The van der Waals surface area contributed by atoms with Crippen LogP contribution in [0.4, 0.5) is 14.5 Å². The molecule has 4 aromatic rings. The number of amides is 1. The van der Waals surface area contributed by atoms with Gasteiger partial charge in [0, 0.05) is 16.8 Å². The van der Waals surface area contributed by atoms with Crippen LogP contribution in [0.15, 0.2) is 73.1 Å². The summed E-state index contributed by atoms with van der Waals surface area (Å²) < 4.78 is 29.0. The quantitative estimate of drug-likeness (QED) is 0.301. The van der Waals surface area contributed by atoms with Crippen LogP contribution in [0.1, 0.15) is 22.0 Å². The van der Waals surface area contributed by atoms with Crippen molar-refractivity contribution in [1.82, 2.24) is 9.97 Å². The summed E-state index contributed by atoms with van der Waals surface area (Å²) in [6, 6.07) is 14.9. The van der Waals surface area contributed by atoms with Gasteiger partial charge in [-0.15, -0.1) is 0 Å². The van der Waals surface area contributed by atoms with Crippen LogP contribution >= 0.6 is 0 Å². The van der Waals surface area contributed by atoms with Crippen LogP contribution in [-0.2, 0) is 9.59 Å². The molecule has 1 amide bonds. The standard InChI is InChI=1S/C24H15F2N3O3/c25-16-8-4-7-15(20(16)26)21-19(22(30)13-5-2-1-3-6-13)23(31)24(32)29(21)14-9-10-17-18(11-14)28-12-27-17/h1-12,19,21H,(H,27,28). The maximum atomic E-state index is 14.9. The van der Waals surface area contributed by atoms with Crippen molar-refractivity contribution < 1.29 is 23.2 Å². The summed E-state index contributed by atoms with van der Waals surface area (Å²) in [5.41, 5.74) is 1.42. The number of carbonyl (C=O) groups excluding carboxylic acids is 3. The third-order valence-electron chi connectivity index (χ3n) is 5.63. The maximum absolute atomic E-state index is 14.9. The third-order valence-corrected chi connectivity index (χ3v) is 5.63. The number of nitrogens with one attached hydrogen (secondary N) is 1. The summed E-state index contributed by atoms with van der Waals surface area (Å²) in [6.07, 6.45) is 1.47. The SMILES string of the molecule is O=C1C(=O)N(c2ccc3nc[nH]c3c2)C(c2cccc(F)c2F)C1C(=O)c1ccccc1. The molecule has 0 spiro atoms. The Balaban J connectivity index is 1.71. The normalized spacial score (nSPS) is 18.5. The van der Waals surface area contributed by atoms with E-state index in [0.29, 0.717) is 11.0 Å². The Hall–Kier alpha value is -4.20. The first-order valence-corrected chi connectivity index (χ1v) is 9.81. The second-order valence-corrected chi connectivity index (χ2v) is 7.44. The second kappa shape index (κ2) is 7.49. The van der Waals surface area contributed by atoms with Crippen molar-refractivity contribution in [3.8, 4) is 0 Å². The molecule has 0 radical (unpaired) electrons. The number of rotatable bonds is 4. The molecule has 8 heteroatoms. The minimum Gasteiger partial charge on any atom is -0.345 e. The van der Waals surface area contributed by atoms with Crippen molar-refractivity contribution in [3.05, 3.63) is 95.8 Å². The number of ketones is 2. The van der Waals surface area contributed by atoms with Crippen LogP contribution in [0.3, 0.4) is 0 Å². The van der Waals surface area contributed by atoms with E-state index in [2.05, 4.69) is 9.97 Å². The smallest absolute Gasteiger partial charge is 0.295 e. The molecule has 1 fully saturated rings. The number of hydrogen-bond acceptors (Lipinski definition) is 4. The summed E-state index contributed by atoms with van der Waals surface area (Å²) in [6.45, 7) is 0. The summed E-state index contributed by atoms with van der Waals surface area (Å²) in [4.78, 5) is 47.5. The number of fused-ring (bicyclic) bond motifs is 1. The molecule has 1 N–H and O–H groups in total. The van der Waals surface area contributed by atoms with Gasteiger partial charge in [0.2, 0.25) is 5.78 Å². The van der Waals surface area contributed by atoms with Crippen LogP contribution in [0.5, 0.6) is 0 Å². The van der Waals surface area contributed by atoms with E-state index in [1.807, 2.05) is 0 Å².